The fraction of sp³-hybridized carbons (Fsp3) is 0.562. The standard InChI is InChI=1S/C16H27N3O2/c1-11(2)15(10-21-5)19-16(20)18-14-8-6-7-13(9-14)12(3)17-4/h6-9,11-12,15,17H,10H2,1-5H3,(H2,18,19,20). The van der Waals surface area contributed by atoms with Gasteiger partial charge in [-0.3, -0.25) is 0 Å². The van der Waals surface area contributed by atoms with Gasteiger partial charge >= 0.3 is 6.03 Å². The van der Waals surface area contributed by atoms with E-state index in [1.807, 2.05) is 31.3 Å². The van der Waals surface area contributed by atoms with Gasteiger partial charge in [0.15, 0.2) is 0 Å². The Morgan fingerprint density at radius 2 is 2.00 bits per heavy atom. The van der Waals surface area contributed by atoms with Crippen molar-refractivity contribution < 1.29 is 9.53 Å². The molecule has 21 heavy (non-hydrogen) atoms. The number of carbonyl (C=O) groups is 1. The number of methoxy groups -OCH3 is 1. The molecule has 0 bridgehead atoms. The summed E-state index contributed by atoms with van der Waals surface area (Å²) in [7, 11) is 3.55. The van der Waals surface area contributed by atoms with E-state index in [1.54, 1.807) is 7.11 Å². The Balaban J connectivity index is 2.66. The smallest absolute Gasteiger partial charge is 0.319 e. The van der Waals surface area contributed by atoms with Crippen LogP contribution < -0.4 is 16.0 Å². The Morgan fingerprint density at radius 1 is 1.29 bits per heavy atom. The molecule has 0 spiro atoms. The van der Waals surface area contributed by atoms with E-state index in [1.165, 1.54) is 0 Å². The first-order chi connectivity index (χ1) is 9.97. The average Bonchev–Trinajstić information content (AvgIpc) is 2.46. The number of ether oxygens (including phenoxy) is 1. The number of hydrogen-bond acceptors (Lipinski definition) is 3. The normalized spacial score (nSPS) is 13.8. The maximum absolute atomic E-state index is 12.1. The van der Waals surface area contributed by atoms with Crippen molar-refractivity contribution in [2.24, 2.45) is 5.92 Å². The van der Waals surface area contributed by atoms with Gasteiger partial charge in [0, 0.05) is 18.8 Å². The number of benzene rings is 1. The Kier molecular flexibility index (Phi) is 7.19. The summed E-state index contributed by atoms with van der Waals surface area (Å²) >= 11 is 0. The third-order valence-corrected chi connectivity index (χ3v) is 3.54. The predicted octanol–water partition coefficient (Wildman–Crippen LogP) is 2.76. The molecule has 0 aliphatic heterocycles. The molecule has 0 saturated carbocycles. The maximum Gasteiger partial charge on any atom is 0.319 e. The summed E-state index contributed by atoms with van der Waals surface area (Å²) in [6.07, 6.45) is 0. The van der Waals surface area contributed by atoms with Crippen molar-refractivity contribution in [3.05, 3.63) is 29.8 Å². The molecular weight excluding hydrogens is 266 g/mol. The largest absolute Gasteiger partial charge is 0.383 e. The van der Waals surface area contributed by atoms with E-state index in [-0.39, 0.29) is 18.1 Å². The van der Waals surface area contributed by atoms with Gasteiger partial charge in [-0.15, -0.1) is 0 Å². The molecule has 2 amide bonds. The van der Waals surface area contributed by atoms with Gasteiger partial charge in [0.2, 0.25) is 0 Å². The van der Waals surface area contributed by atoms with Crippen LogP contribution in [0.25, 0.3) is 0 Å². The molecule has 0 radical (unpaired) electrons. The molecule has 0 aliphatic carbocycles. The molecule has 0 fully saturated rings. The van der Waals surface area contributed by atoms with E-state index in [0.717, 1.165) is 11.3 Å². The van der Waals surface area contributed by atoms with Crippen LogP contribution in [0.5, 0.6) is 0 Å². The number of carbonyl (C=O) groups excluding carboxylic acids is 1. The van der Waals surface area contributed by atoms with Crippen molar-refractivity contribution in [1.82, 2.24) is 10.6 Å². The molecule has 0 heterocycles. The Morgan fingerprint density at radius 3 is 2.57 bits per heavy atom. The number of rotatable bonds is 7. The molecule has 5 heteroatoms. The average molecular weight is 293 g/mol. The molecule has 0 aromatic heterocycles. The highest BCUT2D eigenvalue weighted by Crippen LogP contribution is 2.17. The Hall–Kier alpha value is -1.59. The molecule has 3 N–H and O–H groups in total. The molecule has 118 valence electrons. The Labute approximate surface area is 127 Å². The predicted molar refractivity (Wildman–Crippen MR) is 86.6 cm³/mol. The van der Waals surface area contributed by atoms with Gasteiger partial charge in [0.25, 0.3) is 0 Å². The zero-order chi connectivity index (χ0) is 15.8. The van der Waals surface area contributed by atoms with Crippen LogP contribution in [0.1, 0.15) is 32.4 Å². The first-order valence-electron chi connectivity index (χ1n) is 7.31. The van der Waals surface area contributed by atoms with Crippen LogP contribution in [0, 0.1) is 5.92 Å². The molecule has 5 nitrogen and oxygen atoms in total. The highest BCUT2D eigenvalue weighted by atomic mass is 16.5. The molecule has 0 saturated heterocycles. The molecular formula is C16H27N3O2. The summed E-state index contributed by atoms with van der Waals surface area (Å²) in [6, 6.07) is 7.86. The van der Waals surface area contributed by atoms with Crippen molar-refractivity contribution in [3.8, 4) is 0 Å². The lowest BCUT2D eigenvalue weighted by Gasteiger charge is -2.22. The van der Waals surface area contributed by atoms with Crippen LogP contribution in [0.3, 0.4) is 0 Å². The minimum atomic E-state index is -0.208. The number of anilines is 1. The molecule has 1 aromatic rings. The molecule has 0 aliphatic rings. The second-order valence-corrected chi connectivity index (χ2v) is 5.54. The van der Waals surface area contributed by atoms with Gasteiger partial charge < -0.3 is 20.7 Å². The fourth-order valence-electron chi connectivity index (χ4n) is 1.97. The molecule has 1 aromatic carbocycles. The van der Waals surface area contributed by atoms with Crippen LogP contribution in [-0.4, -0.2) is 32.8 Å². The van der Waals surface area contributed by atoms with E-state index in [4.69, 9.17) is 4.74 Å². The maximum atomic E-state index is 12.1. The summed E-state index contributed by atoms with van der Waals surface area (Å²) < 4.78 is 5.13. The third kappa shape index (κ3) is 5.73. The van der Waals surface area contributed by atoms with Crippen LogP contribution in [0.4, 0.5) is 10.5 Å². The highest BCUT2D eigenvalue weighted by molar-refractivity contribution is 5.89. The number of nitrogens with one attached hydrogen (secondary N) is 3. The summed E-state index contributed by atoms with van der Waals surface area (Å²) in [5, 5.41) is 8.99. The summed E-state index contributed by atoms with van der Waals surface area (Å²) in [5.74, 6) is 0.311. The van der Waals surface area contributed by atoms with Crippen LogP contribution >= 0.6 is 0 Å². The number of amides is 2. The topological polar surface area (TPSA) is 62.4 Å². The second-order valence-electron chi connectivity index (χ2n) is 5.54. The van der Waals surface area contributed by atoms with Gasteiger partial charge in [0.1, 0.15) is 0 Å². The minimum Gasteiger partial charge on any atom is -0.383 e. The number of urea groups is 1. The lowest BCUT2D eigenvalue weighted by molar-refractivity contribution is 0.150. The second kappa shape index (κ2) is 8.64. The highest BCUT2D eigenvalue weighted by Gasteiger charge is 2.16. The van der Waals surface area contributed by atoms with Gasteiger partial charge in [-0.05, 0) is 37.6 Å². The monoisotopic (exact) mass is 293 g/mol. The van der Waals surface area contributed by atoms with Gasteiger partial charge in [0.05, 0.1) is 12.6 Å². The Bertz CT molecular complexity index is 449. The molecule has 2 atom stereocenters. The number of hydrogen-bond donors (Lipinski definition) is 3. The summed E-state index contributed by atoms with van der Waals surface area (Å²) in [4.78, 5) is 12.1. The van der Waals surface area contributed by atoms with Crippen LogP contribution in [0.15, 0.2) is 24.3 Å². The van der Waals surface area contributed by atoms with Crippen molar-refractivity contribution >= 4 is 11.7 Å². The first-order valence-corrected chi connectivity index (χ1v) is 7.31. The first kappa shape index (κ1) is 17.5. The van der Waals surface area contributed by atoms with E-state index < -0.39 is 0 Å². The van der Waals surface area contributed by atoms with Crippen LogP contribution in [0.2, 0.25) is 0 Å². The van der Waals surface area contributed by atoms with E-state index in [2.05, 4.69) is 36.7 Å². The SMILES string of the molecule is CNC(C)c1cccc(NC(=O)NC(COC)C(C)C)c1. The van der Waals surface area contributed by atoms with Crippen LogP contribution in [-0.2, 0) is 4.74 Å². The fourth-order valence-corrected chi connectivity index (χ4v) is 1.97. The third-order valence-electron chi connectivity index (χ3n) is 3.54. The van der Waals surface area contributed by atoms with Crippen molar-refractivity contribution in [3.63, 3.8) is 0 Å². The van der Waals surface area contributed by atoms with Crippen molar-refractivity contribution in [1.29, 1.82) is 0 Å². The zero-order valence-corrected chi connectivity index (χ0v) is 13.6. The van der Waals surface area contributed by atoms with Gasteiger partial charge in [-0.2, -0.15) is 0 Å². The molecule has 1 rings (SSSR count). The zero-order valence-electron chi connectivity index (χ0n) is 13.6. The van der Waals surface area contributed by atoms with Crippen molar-refractivity contribution in [2.75, 3.05) is 26.1 Å². The van der Waals surface area contributed by atoms with Crippen molar-refractivity contribution in [2.45, 2.75) is 32.9 Å². The lowest BCUT2D eigenvalue weighted by Crippen LogP contribution is -2.43. The van der Waals surface area contributed by atoms with E-state index >= 15 is 0 Å². The summed E-state index contributed by atoms with van der Waals surface area (Å²) in [5.41, 5.74) is 1.92. The minimum absolute atomic E-state index is 0.00517. The van der Waals surface area contributed by atoms with E-state index in [0.29, 0.717) is 12.5 Å². The quantitative estimate of drug-likeness (QED) is 0.724. The molecule has 2 unspecified atom stereocenters. The summed E-state index contributed by atoms with van der Waals surface area (Å²) in [6.45, 7) is 6.69. The lowest BCUT2D eigenvalue weighted by atomic mass is 10.1. The van der Waals surface area contributed by atoms with Gasteiger partial charge in [-0.1, -0.05) is 26.0 Å². The van der Waals surface area contributed by atoms with E-state index in [9.17, 15) is 4.79 Å². The van der Waals surface area contributed by atoms with Gasteiger partial charge in [-0.25, -0.2) is 4.79 Å².